The van der Waals surface area contributed by atoms with Crippen LogP contribution >= 0.6 is 11.3 Å². The van der Waals surface area contributed by atoms with E-state index < -0.39 is 0 Å². The van der Waals surface area contributed by atoms with Gasteiger partial charge in [-0.05, 0) is 50.1 Å². The number of thiophene rings is 1. The highest BCUT2D eigenvalue weighted by Gasteiger charge is 2.07. The number of anilines is 2. The summed E-state index contributed by atoms with van der Waals surface area (Å²) < 4.78 is 0. The fourth-order valence-electron chi connectivity index (χ4n) is 2.26. The standard InChI is InChI=1S/C15H15N3S/c1-9-4-10(2)6-12(5-9)18-14-13-7-11(3)19-15(13)17-8-16-14/h4-8H,1-3H3,(H,16,17,18). The quantitative estimate of drug-likeness (QED) is 0.751. The van der Waals surface area contributed by atoms with Crippen LogP contribution in [0.2, 0.25) is 0 Å². The lowest BCUT2D eigenvalue weighted by atomic mass is 10.1. The predicted molar refractivity (Wildman–Crippen MR) is 81.4 cm³/mol. The number of fused-ring (bicyclic) bond motifs is 1. The highest BCUT2D eigenvalue weighted by molar-refractivity contribution is 7.18. The molecule has 0 bridgehead atoms. The third kappa shape index (κ3) is 2.44. The van der Waals surface area contributed by atoms with Crippen molar-refractivity contribution in [1.29, 1.82) is 0 Å². The highest BCUT2D eigenvalue weighted by Crippen LogP contribution is 2.29. The maximum Gasteiger partial charge on any atom is 0.142 e. The molecule has 0 aliphatic rings. The van der Waals surface area contributed by atoms with Crippen LogP contribution in [0.5, 0.6) is 0 Å². The summed E-state index contributed by atoms with van der Waals surface area (Å²) in [5.74, 6) is 0.874. The van der Waals surface area contributed by atoms with E-state index in [0.29, 0.717) is 0 Å². The van der Waals surface area contributed by atoms with Crippen molar-refractivity contribution in [3.05, 3.63) is 46.6 Å². The second-order valence-corrected chi connectivity index (χ2v) is 6.03. The van der Waals surface area contributed by atoms with Gasteiger partial charge in [0.25, 0.3) is 0 Å². The summed E-state index contributed by atoms with van der Waals surface area (Å²) in [5.41, 5.74) is 3.56. The van der Waals surface area contributed by atoms with Gasteiger partial charge in [-0.1, -0.05) is 6.07 Å². The molecule has 4 heteroatoms. The van der Waals surface area contributed by atoms with Gasteiger partial charge in [0, 0.05) is 10.6 Å². The SMILES string of the molecule is Cc1cc(C)cc(Nc2ncnc3sc(C)cc23)c1. The molecule has 96 valence electrons. The van der Waals surface area contributed by atoms with Crippen LogP contribution in [0.4, 0.5) is 11.5 Å². The molecule has 1 aromatic carbocycles. The van der Waals surface area contributed by atoms with Crippen LogP contribution in [-0.4, -0.2) is 9.97 Å². The van der Waals surface area contributed by atoms with E-state index in [9.17, 15) is 0 Å². The van der Waals surface area contributed by atoms with Gasteiger partial charge in [0.1, 0.15) is 17.0 Å². The Morgan fingerprint density at radius 1 is 0.947 bits per heavy atom. The fraction of sp³-hybridized carbons (Fsp3) is 0.200. The number of aromatic nitrogens is 2. The van der Waals surface area contributed by atoms with E-state index in [1.807, 2.05) is 0 Å². The van der Waals surface area contributed by atoms with Crippen molar-refractivity contribution in [1.82, 2.24) is 9.97 Å². The molecule has 2 heterocycles. The lowest BCUT2D eigenvalue weighted by Crippen LogP contribution is -1.95. The number of aryl methyl sites for hydroxylation is 3. The van der Waals surface area contributed by atoms with E-state index in [1.165, 1.54) is 16.0 Å². The number of hydrogen-bond donors (Lipinski definition) is 1. The average Bonchev–Trinajstić information content (AvgIpc) is 2.69. The predicted octanol–water partition coefficient (Wildman–Crippen LogP) is 4.36. The molecule has 19 heavy (non-hydrogen) atoms. The monoisotopic (exact) mass is 269 g/mol. The maximum absolute atomic E-state index is 4.36. The Balaban J connectivity index is 2.05. The van der Waals surface area contributed by atoms with Crippen molar-refractivity contribution in [2.75, 3.05) is 5.32 Å². The van der Waals surface area contributed by atoms with Gasteiger partial charge < -0.3 is 5.32 Å². The molecule has 0 aliphatic heterocycles. The second-order valence-electron chi connectivity index (χ2n) is 4.80. The van der Waals surface area contributed by atoms with Crippen molar-refractivity contribution in [3.8, 4) is 0 Å². The molecule has 0 spiro atoms. The third-order valence-corrected chi connectivity index (χ3v) is 3.90. The van der Waals surface area contributed by atoms with Crippen molar-refractivity contribution in [2.45, 2.75) is 20.8 Å². The van der Waals surface area contributed by atoms with Crippen LogP contribution in [0.3, 0.4) is 0 Å². The van der Waals surface area contributed by atoms with E-state index in [0.717, 1.165) is 21.7 Å². The van der Waals surface area contributed by atoms with E-state index in [2.05, 4.69) is 60.3 Å². The summed E-state index contributed by atoms with van der Waals surface area (Å²) in [6.07, 6.45) is 1.61. The second kappa shape index (κ2) is 4.63. The molecule has 2 aromatic heterocycles. The Labute approximate surface area is 116 Å². The molecule has 0 saturated heterocycles. The normalized spacial score (nSPS) is 10.9. The lowest BCUT2D eigenvalue weighted by molar-refractivity contribution is 1.23. The van der Waals surface area contributed by atoms with Gasteiger partial charge in [-0.15, -0.1) is 11.3 Å². The molecule has 1 N–H and O–H groups in total. The average molecular weight is 269 g/mol. The molecule has 3 nitrogen and oxygen atoms in total. The first kappa shape index (κ1) is 12.1. The number of benzene rings is 1. The molecule has 0 fully saturated rings. The molecule has 0 unspecified atom stereocenters. The van der Waals surface area contributed by atoms with Crippen LogP contribution in [0.25, 0.3) is 10.2 Å². The van der Waals surface area contributed by atoms with Crippen LogP contribution in [0.1, 0.15) is 16.0 Å². The summed E-state index contributed by atoms with van der Waals surface area (Å²) in [5, 5.41) is 4.48. The Morgan fingerprint density at radius 2 is 1.68 bits per heavy atom. The van der Waals surface area contributed by atoms with Crippen molar-refractivity contribution in [2.24, 2.45) is 0 Å². The van der Waals surface area contributed by atoms with Crippen molar-refractivity contribution >= 4 is 33.1 Å². The van der Waals surface area contributed by atoms with E-state index in [1.54, 1.807) is 17.7 Å². The van der Waals surface area contributed by atoms with Gasteiger partial charge in [-0.2, -0.15) is 0 Å². The zero-order valence-electron chi connectivity index (χ0n) is 11.2. The first-order valence-electron chi connectivity index (χ1n) is 6.18. The molecule has 0 saturated carbocycles. The molecule has 0 atom stereocenters. The third-order valence-electron chi connectivity index (χ3n) is 2.94. The lowest BCUT2D eigenvalue weighted by Gasteiger charge is -2.08. The summed E-state index contributed by atoms with van der Waals surface area (Å²) in [4.78, 5) is 10.9. The molecule has 3 aromatic rings. The van der Waals surface area contributed by atoms with Crippen LogP contribution in [0.15, 0.2) is 30.6 Å². The molecule has 0 radical (unpaired) electrons. The minimum atomic E-state index is 0.874. The minimum absolute atomic E-state index is 0.874. The van der Waals surface area contributed by atoms with E-state index in [4.69, 9.17) is 0 Å². The largest absolute Gasteiger partial charge is 0.340 e. The molecular formula is C15H15N3S. The first-order valence-corrected chi connectivity index (χ1v) is 7.00. The molecule has 0 amide bonds. The number of nitrogens with zero attached hydrogens (tertiary/aromatic N) is 2. The Bertz CT molecular complexity index is 726. The van der Waals surface area contributed by atoms with Gasteiger partial charge >= 0.3 is 0 Å². The van der Waals surface area contributed by atoms with Gasteiger partial charge in [0.15, 0.2) is 0 Å². The highest BCUT2D eigenvalue weighted by atomic mass is 32.1. The van der Waals surface area contributed by atoms with Gasteiger partial charge in [-0.3, -0.25) is 0 Å². The smallest absolute Gasteiger partial charge is 0.142 e. The summed E-state index contributed by atoms with van der Waals surface area (Å²) in [7, 11) is 0. The molecular weight excluding hydrogens is 254 g/mol. The maximum atomic E-state index is 4.36. The number of nitrogens with one attached hydrogen (secondary N) is 1. The number of hydrogen-bond acceptors (Lipinski definition) is 4. The summed E-state index contributed by atoms with van der Waals surface area (Å²) in [6.45, 7) is 6.29. The zero-order valence-corrected chi connectivity index (χ0v) is 12.0. The Hall–Kier alpha value is -1.94. The van der Waals surface area contributed by atoms with Gasteiger partial charge in [0.05, 0.1) is 5.39 Å². The summed E-state index contributed by atoms with van der Waals surface area (Å²) >= 11 is 1.69. The van der Waals surface area contributed by atoms with Crippen molar-refractivity contribution < 1.29 is 0 Å². The van der Waals surface area contributed by atoms with Crippen LogP contribution < -0.4 is 5.32 Å². The van der Waals surface area contributed by atoms with E-state index >= 15 is 0 Å². The fourth-order valence-corrected chi connectivity index (χ4v) is 3.11. The van der Waals surface area contributed by atoms with Crippen LogP contribution in [-0.2, 0) is 0 Å². The van der Waals surface area contributed by atoms with Crippen LogP contribution in [0, 0.1) is 20.8 Å². The summed E-state index contributed by atoms with van der Waals surface area (Å²) in [6, 6.07) is 8.54. The zero-order chi connectivity index (χ0) is 13.4. The van der Waals surface area contributed by atoms with E-state index in [-0.39, 0.29) is 0 Å². The molecule has 3 rings (SSSR count). The first-order chi connectivity index (χ1) is 9.11. The van der Waals surface area contributed by atoms with Crippen molar-refractivity contribution in [3.63, 3.8) is 0 Å². The Morgan fingerprint density at radius 3 is 2.42 bits per heavy atom. The van der Waals surface area contributed by atoms with Gasteiger partial charge in [0.2, 0.25) is 0 Å². The Kier molecular flexibility index (Phi) is 2.95. The number of rotatable bonds is 2. The topological polar surface area (TPSA) is 37.8 Å². The van der Waals surface area contributed by atoms with Gasteiger partial charge in [-0.25, -0.2) is 9.97 Å². The molecule has 0 aliphatic carbocycles. The minimum Gasteiger partial charge on any atom is -0.340 e.